The summed E-state index contributed by atoms with van der Waals surface area (Å²) in [5.41, 5.74) is 6.30. The SMILES string of the molecule is CC(C)c1nc(CSc2ccc(N)cc2Cl)no1. The van der Waals surface area contributed by atoms with E-state index in [1.807, 2.05) is 26.0 Å². The van der Waals surface area contributed by atoms with Gasteiger partial charge in [-0.15, -0.1) is 11.8 Å². The molecule has 1 aromatic heterocycles. The lowest BCUT2D eigenvalue weighted by molar-refractivity contribution is 0.362. The van der Waals surface area contributed by atoms with E-state index in [4.69, 9.17) is 21.9 Å². The van der Waals surface area contributed by atoms with E-state index in [2.05, 4.69) is 10.1 Å². The number of nitrogen functional groups attached to an aromatic ring is 1. The van der Waals surface area contributed by atoms with Crippen molar-refractivity contribution in [3.63, 3.8) is 0 Å². The van der Waals surface area contributed by atoms with Gasteiger partial charge in [-0.25, -0.2) is 0 Å². The highest BCUT2D eigenvalue weighted by molar-refractivity contribution is 7.98. The summed E-state index contributed by atoms with van der Waals surface area (Å²) in [6.45, 7) is 4.03. The second-order valence-electron chi connectivity index (χ2n) is 4.18. The van der Waals surface area contributed by atoms with Crippen molar-refractivity contribution >= 4 is 29.1 Å². The summed E-state index contributed by atoms with van der Waals surface area (Å²) in [5, 5.41) is 4.57. The van der Waals surface area contributed by atoms with E-state index in [0.29, 0.717) is 28.2 Å². The number of hydrogen-bond donors (Lipinski definition) is 1. The van der Waals surface area contributed by atoms with Crippen LogP contribution in [0.15, 0.2) is 27.6 Å². The summed E-state index contributed by atoms with van der Waals surface area (Å²) in [4.78, 5) is 5.27. The number of anilines is 1. The van der Waals surface area contributed by atoms with Gasteiger partial charge in [-0.2, -0.15) is 4.98 Å². The normalized spacial score (nSPS) is 11.1. The van der Waals surface area contributed by atoms with Gasteiger partial charge in [-0.1, -0.05) is 30.6 Å². The molecule has 2 N–H and O–H groups in total. The van der Waals surface area contributed by atoms with Crippen molar-refractivity contribution in [3.8, 4) is 0 Å². The molecule has 0 fully saturated rings. The topological polar surface area (TPSA) is 64.9 Å². The van der Waals surface area contributed by atoms with Crippen LogP contribution in [0.3, 0.4) is 0 Å². The van der Waals surface area contributed by atoms with Crippen LogP contribution in [0, 0.1) is 0 Å². The van der Waals surface area contributed by atoms with E-state index < -0.39 is 0 Å². The third kappa shape index (κ3) is 3.17. The Bertz CT molecular complexity index is 542. The monoisotopic (exact) mass is 283 g/mol. The van der Waals surface area contributed by atoms with Gasteiger partial charge in [0.05, 0.1) is 10.8 Å². The lowest BCUT2D eigenvalue weighted by Crippen LogP contribution is -1.89. The van der Waals surface area contributed by atoms with Crippen LogP contribution in [0.5, 0.6) is 0 Å². The Morgan fingerprint density at radius 1 is 1.44 bits per heavy atom. The minimum atomic E-state index is 0.247. The second kappa shape index (κ2) is 5.63. The van der Waals surface area contributed by atoms with Gasteiger partial charge in [0.2, 0.25) is 5.89 Å². The van der Waals surface area contributed by atoms with Crippen molar-refractivity contribution in [1.82, 2.24) is 10.1 Å². The number of benzene rings is 1. The average Bonchev–Trinajstić information content (AvgIpc) is 2.76. The van der Waals surface area contributed by atoms with Gasteiger partial charge in [0, 0.05) is 16.5 Å². The third-order valence-corrected chi connectivity index (χ3v) is 3.78. The standard InChI is InChI=1S/C12H14ClN3OS/c1-7(2)12-15-11(16-17-12)6-18-10-4-3-8(14)5-9(10)13/h3-5,7H,6,14H2,1-2H3. The van der Waals surface area contributed by atoms with E-state index in [0.717, 1.165) is 4.90 Å². The summed E-state index contributed by atoms with van der Waals surface area (Å²) < 4.78 is 5.14. The summed E-state index contributed by atoms with van der Waals surface area (Å²) in [6.07, 6.45) is 0. The number of thioether (sulfide) groups is 1. The van der Waals surface area contributed by atoms with Gasteiger partial charge in [-0.3, -0.25) is 0 Å². The van der Waals surface area contributed by atoms with Gasteiger partial charge in [-0.05, 0) is 18.2 Å². The zero-order valence-corrected chi connectivity index (χ0v) is 11.8. The Hall–Kier alpha value is -1.20. The largest absolute Gasteiger partial charge is 0.399 e. The molecule has 0 radical (unpaired) electrons. The molecule has 0 aliphatic rings. The third-order valence-electron chi connectivity index (χ3n) is 2.29. The lowest BCUT2D eigenvalue weighted by atomic mass is 10.2. The molecule has 2 rings (SSSR count). The Morgan fingerprint density at radius 2 is 2.22 bits per heavy atom. The molecule has 6 heteroatoms. The molecular formula is C12H14ClN3OS. The first-order chi connectivity index (χ1) is 8.56. The van der Waals surface area contributed by atoms with Crippen LogP contribution in [-0.2, 0) is 5.75 Å². The highest BCUT2D eigenvalue weighted by atomic mass is 35.5. The first-order valence-corrected chi connectivity index (χ1v) is 6.93. The van der Waals surface area contributed by atoms with Crippen molar-refractivity contribution in [2.45, 2.75) is 30.4 Å². The fourth-order valence-corrected chi connectivity index (χ4v) is 2.45. The Labute approximate surface area is 115 Å². The van der Waals surface area contributed by atoms with Crippen LogP contribution in [0.1, 0.15) is 31.5 Å². The molecule has 1 aromatic carbocycles. The van der Waals surface area contributed by atoms with Crippen molar-refractivity contribution < 1.29 is 4.52 Å². The maximum absolute atomic E-state index is 6.09. The molecule has 0 unspecified atom stereocenters. The van der Waals surface area contributed by atoms with Crippen LogP contribution in [0.2, 0.25) is 5.02 Å². The number of nitrogens with two attached hydrogens (primary N) is 1. The molecule has 4 nitrogen and oxygen atoms in total. The van der Waals surface area contributed by atoms with E-state index in [1.165, 1.54) is 0 Å². The van der Waals surface area contributed by atoms with E-state index in [1.54, 1.807) is 17.8 Å². The molecule has 0 aliphatic heterocycles. The lowest BCUT2D eigenvalue weighted by Gasteiger charge is -2.02. The van der Waals surface area contributed by atoms with E-state index in [9.17, 15) is 0 Å². The Balaban J connectivity index is 2.02. The van der Waals surface area contributed by atoms with Gasteiger partial charge in [0.15, 0.2) is 5.82 Å². The summed E-state index contributed by atoms with van der Waals surface area (Å²) in [5.74, 6) is 2.21. The minimum Gasteiger partial charge on any atom is -0.399 e. The average molecular weight is 284 g/mol. The first-order valence-electron chi connectivity index (χ1n) is 5.56. The minimum absolute atomic E-state index is 0.247. The number of halogens is 1. The zero-order valence-electron chi connectivity index (χ0n) is 10.2. The molecule has 0 amide bonds. The van der Waals surface area contributed by atoms with Crippen LogP contribution in [0.4, 0.5) is 5.69 Å². The molecule has 0 aliphatic carbocycles. The molecular weight excluding hydrogens is 270 g/mol. The van der Waals surface area contributed by atoms with Gasteiger partial charge in [0.1, 0.15) is 0 Å². The molecule has 1 heterocycles. The maximum Gasteiger partial charge on any atom is 0.229 e. The zero-order chi connectivity index (χ0) is 13.1. The number of rotatable bonds is 4. The van der Waals surface area contributed by atoms with Crippen LogP contribution >= 0.6 is 23.4 Å². The molecule has 18 heavy (non-hydrogen) atoms. The van der Waals surface area contributed by atoms with Gasteiger partial charge in [0.25, 0.3) is 0 Å². The van der Waals surface area contributed by atoms with Crippen molar-refractivity contribution in [1.29, 1.82) is 0 Å². The molecule has 0 bridgehead atoms. The summed E-state index contributed by atoms with van der Waals surface area (Å²) in [7, 11) is 0. The molecule has 96 valence electrons. The van der Waals surface area contributed by atoms with E-state index in [-0.39, 0.29) is 5.92 Å². The van der Waals surface area contributed by atoms with Crippen LogP contribution < -0.4 is 5.73 Å². The Morgan fingerprint density at radius 3 is 2.83 bits per heavy atom. The van der Waals surface area contributed by atoms with Crippen LogP contribution in [0.25, 0.3) is 0 Å². The second-order valence-corrected chi connectivity index (χ2v) is 5.61. The number of hydrogen-bond acceptors (Lipinski definition) is 5. The number of nitrogens with zero attached hydrogens (tertiary/aromatic N) is 2. The predicted molar refractivity (Wildman–Crippen MR) is 73.8 cm³/mol. The quantitative estimate of drug-likeness (QED) is 0.684. The maximum atomic E-state index is 6.09. The molecule has 0 spiro atoms. The highest BCUT2D eigenvalue weighted by Gasteiger charge is 2.10. The highest BCUT2D eigenvalue weighted by Crippen LogP contribution is 2.30. The predicted octanol–water partition coefficient (Wildman–Crippen LogP) is 3.72. The summed E-state index contributed by atoms with van der Waals surface area (Å²) in [6, 6.07) is 5.45. The molecule has 0 saturated carbocycles. The molecule has 0 saturated heterocycles. The first kappa shape index (κ1) is 13.2. The fraction of sp³-hybridized carbons (Fsp3) is 0.333. The van der Waals surface area contributed by atoms with Gasteiger partial charge < -0.3 is 10.3 Å². The fourth-order valence-electron chi connectivity index (χ4n) is 1.34. The van der Waals surface area contributed by atoms with Crippen molar-refractivity contribution in [2.75, 3.05) is 5.73 Å². The van der Waals surface area contributed by atoms with Crippen molar-refractivity contribution in [3.05, 3.63) is 34.9 Å². The number of aromatic nitrogens is 2. The van der Waals surface area contributed by atoms with E-state index >= 15 is 0 Å². The summed E-state index contributed by atoms with van der Waals surface area (Å²) >= 11 is 7.65. The Kier molecular flexibility index (Phi) is 4.14. The van der Waals surface area contributed by atoms with Crippen molar-refractivity contribution in [2.24, 2.45) is 0 Å². The molecule has 2 aromatic rings. The van der Waals surface area contributed by atoms with Crippen LogP contribution in [-0.4, -0.2) is 10.1 Å². The van der Waals surface area contributed by atoms with Gasteiger partial charge >= 0.3 is 0 Å². The smallest absolute Gasteiger partial charge is 0.229 e. The molecule has 0 atom stereocenters.